The molecular formula is C11H16N2O2. The molecule has 0 saturated carbocycles. The first kappa shape index (κ1) is 11.7. The fraction of sp³-hybridized carbons (Fsp3) is 0.364. The van der Waals surface area contributed by atoms with Crippen molar-refractivity contribution in [3.63, 3.8) is 0 Å². The molecule has 82 valence electrons. The molecule has 4 nitrogen and oxygen atoms in total. The molecule has 15 heavy (non-hydrogen) atoms. The Morgan fingerprint density at radius 2 is 2.07 bits per heavy atom. The number of carboxylic acids is 1. The quantitative estimate of drug-likeness (QED) is 0.667. The van der Waals surface area contributed by atoms with Gasteiger partial charge < -0.3 is 16.2 Å². The number of carboxylic acid groups (broad SMARTS) is 1. The Morgan fingerprint density at radius 1 is 1.47 bits per heavy atom. The van der Waals surface area contributed by atoms with Crippen molar-refractivity contribution < 1.29 is 9.90 Å². The topological polar surface area (TPSA) is 75.3 Å². The van der Waals surface area contributed by atoms with Gasteiger partial charge in [0.15, 0.2) is 0 Å². The first-order valence-electron chi connectivity index (χ1n) is 4.88. The standard InChI is InChI=1S/C11H16N2O2/c1-8(9-5-3-2-4-6-9)13-7-10(12)11(14)15/h2-6,8,10,13H,7,12H2,1H3,(H,14,15)/t8-,10+/m0/s1. The highest BCUT2D eigenvalue weighted by atomic mass is 16.4. The van der Waals surface area contributed by atoms with Gasteiger partial charge in [-0.1, -0.05) is 30.3 Å². The molecule has 0 spiro atoms. The molecule has 1 rings (SSSR count). The zero-order valence-corrected chi connectivity index (χ0v) is 8.68. The first-order valence-corrected chi connectivity index (χ1v) is 4.88. The number of rotatable bonds is 5. The molecule has 4 heteroatoms. The Morgan fingerprint density at radius 3 is 2.60 bits per heavy atom. The fourth-order valence-corrected chi connectivity index (χ4v) is 1.25. The third-order valence-electron chi connectivity index (χ3n) is 2.26. The molecule has 0 saturated heterocycles. The molecule has 1 aromatic carbocycles. The van der Waals surface area contributed by atoms with E-state index in [4.69, 9.17) is 10.8 Å². The van der Waals surface area contributed by atoms with Crippen LogP contribution in [-0.2, 0) is 4.79 Å². The molecule has 0 bridgehead atoms. The van der Waals surface area contributed by atoms with Crippen molar-refractivity contribution in [1.82, 2.24) is 5.32 Å². The summed E-state index contributed by atoms with van der Waals surface area (Å²) in [5, 5.41) is 11.7. The van der Waals surface area contributed by atoms with E-state index >= 15 is 0 Å². The fourth-order valence-electron chi connectivity index (χ4n) is 1.25. The lowest BCUT2D eigenvalue weighted by Gasteiger charge is -2.15. The lowest BCUT2D eigenvalue weighted by Crippen LogP contribution is -2.41. The summed E-state index contributed by atoms with van der Waals surface area (Å²) in [4.78, 5) is 10.5. The molecule has 0 fully saturated rings. The molecule has 4 N–H and O–H groups in total. The summed E-state index contributed by atoms with van der Waals surface area (Å²) in [5.74, 6) is -0.984. The number of benzene rings is 1. The maximum atomic E-state index is 10.5. The third-order valence-corrected chi connectivity index (χ3v) is 2.26. The van der Waals surface area contributed by atoms with Gasteiger partial charge in [0.25, 0.3) is 0 Å². The molecule has 0 aliphatic heterocycles. The van der Waals surface area contributed by atoms with E-state index in [1.165, 1.54) is 0 Å². The third kappa shape index (κ3) is 3.69. The maximum Gasteiger partial charge on any atom is 0.321 e. The van der Waals surface area contributed by atoms with Crippen molar-refractivity contribution in [3.05, 3.63) is 35.9 Å². The number of aliphatic carboxylic acids is 1. The Hall–Kier alpha value is -1.39. The molecule has 0 aromatic heterocycles. The second kappa shape index (κ2) is 5.48. The minimum Gasteiger partial charge on any atom is -0.480 e. The van der Waals surface area contributed by atoms with Crippen LogP contribution in [-0.4, -0.2) is 23.7 Å². The summed E-state index contributed by atoms with van der Waals surface area (Å²) in [5.41, 5.74) is 6.50. The molecule has 0 radical (unpaired) electrons. The maximum absolute atomic E-state index is 10.5. The normalized spacial score (nSPS) is 14.5. The summed E-state index contributed by atoms with van der Waals surface area (Å²) in [7, 11) is 0. The summed E-state index contributed by atoms with van der Waals surface area (Å²) in [6.07, 6.45) is 0. The van der Waals surface area contributed by atoms with E-state index < -0.39 is 12.0 Å². The largest absolute Gasteiger partial charge is 0.480 e. The van der Waals surface area contributed by atoms with E-state index in [1.54, 1.807) is 0 Å². The molecule has 0 heterocycles. The smallest absolute Gasteiger partial charge is 0.321 e. The predicted molar refractivity (Wildman–Crippen MR) is 58.5 cm³/mol. The van der Waals surface area contributed by atoms with Crippen LogP contribution < -0.4 is 11.1 Å². The molecule has 0 aliphatic rings. The van der Waals surface area contributed by atoms with E-state index in [-0.39, 0.29) is 12.6 Å². The highest BCUT2D eigenvalue weighted by Gasteiger charge is 2.12. The highest BCUT2D eigenvalue weighted by molar-refractivity contribution is 5.73. The van der Waals surface area contributed by atoms with E-state index in [2.05, 4.69) is 5.32 Å². The van der Waals surface area contributed by atoms with Crippen LogP contribution in [0.5, 0.6) is 0 Å². The molecular weight excluding hydrogens is 192 g/mol. The van der Waals surface area contributed by atoms with Gasteiger partial charge in [-0.2, -0.15) is 0 Å². The van der Waals surface area contributed by atoms with Gasteiger partial charge in [0.2, 0.25) is 0 Å². The molecule has 1 aromatic rings. The molecule has 0 aliphatic carbocycles. The van der Waals surface area contributed by atoms with Gasteiger partial charge in [-0.05, 0) is 12.5 Å². The van der Waals surface area contributed by atoms with Crippen LogP contribution in [0.4, 0.5) is 0 Å². The lowest BCUT2D eigenvalue weighted by atomic mass is 10.1. The van der Waals surface area contributed by atoms with E-state index in [0.29, 0.717) is 0 Å². The Bertz CT molecular complexity index is 314. The summed E-state index contributed by atoms with van der Waals surface area (Å²) < 4.78 is 0. The van der Waals surface area contributed by atoms with Gasteiger partial charge in [-0.25, -0.2) is 0 Å². The van der Waals surface area contributed by atoms with Gasteiger partial charge in [0, 0.05) is 12.6 Å². The average Bonchev–Trinajstić information content (AvgIpc) is 2.26. The van der Waals surface area contributed by atoms with Gasteiger partial charge in [-0.3, -0.25) is 4.79 Å². The minimum atomic E-state index is -0.984. The van der Waals surface area contributed by atoms with Crippen LogP contribution in [0.15, 0.2) is 30.3 Å². The first-order chi connectivity index (χ1) is 7.11. The minimum absolute atomic E-state index is 0.108. The van der Waals surface area contributed by atoms with E-state index in [1.807, 2.05) is 37.3 Å². The van der Waals surface area contributed by atoms with Crippen molar-refractivity contribution in [3.8, 4) is 0 Å². The predicted octanol–water partition coefficient (Wildman–Crippen LogP) is 0.749. The van der Waals surface area contributed by atoms with E-state index in [0.717, 1.165) is 5.56 Å². The van der Waals surface area contributed by atoms with Crippen molar-refractivity contribution in [1.29, 1.82) is 0 Å². The van der Waals surface area contributed by atoms with Gasteiger partial charge >= 0.3 is 5.97 Å². The van der Waals surface area contributed by atoms with Crippen molar-refractivity contribution in [2.24, 2.45) is 5.73 Å². The number of hydrogen-bond donors (Lipinski definition) is 3. The second-order valence-corrected chi connectivity index (χ2v) is 3.49. The van der Waals surface area contributed by atoms with Crippen LogP contribution in [0.25, 0.3) is 0 Å². The van der Waals surface area contributed by atoms with Crippen LogP contribution in [0.3, 0.4) is 0 Å². The number of nitrogens with two attached hydrogens (primary N) is 1. The van der Waals surface area contributed by atoms with Gasteiger partial charge in [0.1, 0.15) is 6.04 Å². The van der Waals surface area contributed by atoms with Gasteiger partial charge in [-0.15, -0.1) is 0 Å². The monoisotopic (exact) mass is 208 g/mol. The Kier molecular flexibility index (Phi) is 4.27. The van der Waals surface area contributed by atoms with Crippen molar-refractivity contribution in [2.75, 3.05) is 6.54 Å². The molecule has 0 amide bonds. The molecule has 0 unspecified atom stereocenters. The lowest BCUT2D eigenvalue weighted by molar-refractivity contribution is -0.138. The second-order valence-electron chi connectivity index (χ2n) is 3.49. The Balaban J connectivity index is 2.43. The number of hydrogen-bond acceptors (Lipinski definition) is 3. The van der Waals surface area contributed by atoms with Crippen molar-refractivity contribution in [2.45, 2.75) is 19.0 Å². The SMILES string of the molecule is C[C@H](NC[C@@H](N)C(=O)O)c1ccccc1. The number of carbonyl (C=O) groups is 1. The summed E-state index contributed by atoms with van der Waals surface area (Å²) >= 11 is 0. The number of nitrogens with one attached hydrogen (secondary N) is 1. The summed E-state index contributed by atoms with van der Waals surface area (Å²) in [6, 6.07) is 9.08. The van der Waals surface area contributed by atoms with Crippen LogP contribution in [0.2, 0.25) is 0 Å². The average molecular weight is 208 g/mol. The van der Waals surface area contributed by atoms with Crippen LogP contribution >= 0.6 is 0 Å². The zero-order valence-electron chi connectivity index (χ0n) is 8.68. The van der Waals surface area contributed by atoms with Crippen LogP contribution in [0, 0.1) is 0 Å². The van der Waals surface area contributed by atoms with E-state index in [9.17, 15) is 4.79 Å². The van der Waals surface area contributed by atoms with Crippen LogP contribution in [0.1, 0.15) is 18.5 Å². The molecule has 2 atom stereocenters. The summed E-state index contributed by atoms with van der Waals surface area (Å²) in [6.45, 7) is 2.25. The van der Waals surface area contributed by atoms with Gasteiger partial charge in [0.05, 0.1) is 0 Å². The Labute approximate surface area is 89.1 Å². The zero-order chi connectivity index (χ0) is 11.3. The van der Waals surface area contributed by atoms with Crippen molar-refractivity contribution >= 4 is 5.97 Å². The highest BCUT2D eigenvalue weighted by Crippen LogP contribution is 2.10.